The van der Waals surface area contributed by atoms with Crippen LogP contribution in [0.3, 0.4) is 0 Å². The van der Waals surface area contributed by atoms with Crippen molar-refractivity contribution in [3.8, 4) is 5.75 Å². The maximum atomic E-state index is 5.40. The average Bonchev–Trinajstić information content (AvgIpc) is 3.16. The van der Waals surface area contributed by atoms with Crippen LogP contribution in [0, 0.1) is 6.92 Å². The van der Waals surface area contributed by atoms with Crippen LogP contribution in [0.1, 0.15) is 21.6 Å². The summed E-state index contributed by atoms with van der Waals surface area (Å²) >= 11 is 1.89. The second kappa shape index (κ2) is 9.76. The zero-order valence-electron chi connectivity index (χ0n) is 16.5. The zero-order chi connectivity index (χ0) is 19.1. The van der Waals surface area contributed by atoms with Crippen LogP contribution in [0.2, 0.25) is 0 Å². The van der Waals surface area contributed by atoms with E-state index < -0.39 is 0 Å². The van der Waals surface area contributed by atoms with Crippen molar-refractivity contribution < 1.29 is 4.74 Å². The summed E-state index contributed by atoms with van der Waals surface area (Å²) in [5, 5.41) is 9.04. The van der Waals surface area contributed by atoms with Crippen molar-refractivity contribution in [1.29, 1.82) is 0 Å². The van der Waals surface area contributed by atoms with Gasteiger partial charge in [-0.2, -0.15) is 0 Å². The molecule has 27 heavy (non-hydrogen) atoms. The first-order valence-electron chi connectivity index (χ1n) is 9.55. The van der Waals surface area contributed by atoms with Gasteiger partial charge in [0.1, 0.15) is 5.75 Å². The normalized spacial score (nSPS) is 14.7. The molecule has 0 saturated heterocycles. The molecule has 0 saturated carbocycles. The van der Waals surface area contributed by atoms with Gasteiger partial charge in [0.15, 0.2) is 5.96 Å². The molecule has 0 spiro atoms. The van der Waals surface area contributed by atoms with E-state index >= 15 is 0 Å². The summed E-state index contributed by atoms with van der Waals surface area (Å²) in [5.41, 5.74) is 3.93. The number of rotatable bonds is 7. The Kier molecular flexibility index (Phi) is 7.12. The monoisotopic (exact) mass is 386 g/mol. The van der Waals surface area contributed by atoms with Gasteiger partial charge in [0.25, 0.3) is 0 Å². The Labute approximate surface area is 166 Å². The van der Waals surface area contributed by atoms with Gasteiger partial charge >= 0.3 is 0 Å². The van der Waals surface area contributed by atoms with Crippen LogP contribution in [-0.2, 0) is 19.4 Å². The molecule has 0 amide bonds. The number of thiophene rings is 1. The largest absolute Gasteiger partial charge is 0.496 e. The van der Waals surface area contributed by atoms with Crippen molar-refractivity contribution in [2.45, 2.75) is 26.3 Å². The van der Waals surface area contributed by atoms with Crippen LogP contribution in [0.15, 0.2) is 34.6 Å². The van der Waals surface area contributed by atoms with E-state index in [-0.39, 0.29) is 0 Å². The molecule has 5 nitrogen and oxygen atoms in total. The minimum absolute atomic E-state index is 0.841. The first-order valence-corrected chi connectivity index (χ1v) is 10.4. The van der Waals surface area contributed by atoms with Crippen molar-refractivity contribution >= 4 is 17.3 Å². The van der Waals surface area contributed by atoms with Crippen LogP contribution in [0.5, 0.6) is 5.75 Å². The number of aliphatic imine (C=N–C) groups is 1. The highest BCUT2D eigenvalue weighted by atomic mass is 32.1. The molecule has 2 aromatic rings. The molecule has 2 N–H and O–H groups in total. The fraction of sp³-hybridized carbons (Fsp3) is 0.476. The fourth-order valence-electron chi connectivity index (χ4n) is 3.40. The van der Waals surface area contributed by atoms with Gasteiger partial charge in [0.05, 0.1) is 7.11 Å². The van der Waals surface area contributed by atoms with Crippen molar-refractivity contribution in [3.05, 3.63) is 51.2 Å². The molecule has 0 bridgehead atoms. The molecule has 0 aliphatic carbocycles. The number of guanidine groups is 1. The first-order chi connectivity index (χ1) is 13.2. The Bertz CT molecular complexity index is 771. The lowest BCUT2D eigenvalue weighted by atomic mass is 10.1. The van der Waals surface area contributed by atoms with Gasteiger partial charge in [-0.1, -0.05) is 12.1 Å². The van der Waals surface area contributed by atoms with Gasteiger partial charge in [-0.3, -0.25) is 9.89 Å². The smallest absolute Gasteiger partial charge is 0.191 e. The molecule has 1 aromatic heterocycles. The SMILES string of the molecule is CN=C(NCCc1ccc(C)c(OC)c1)NCCN1CCc2sccc2C1. The van der Waals surface area contributed by atoms with Crippen molar-refractivity contribution in [1.82, 2.24) is 15.5 Å². The van der Waals surface area contributed by atoms with Crippen molar-refractivity contribution in [2.75, 3.05) is 40.3 Å². The van der Waals surface area contributed by atoms with Gasteiger partial charge in [-0.15, -0.1) is 11.3 Å². The minimum Gasteiger partial charge on any atom is -0.496 e. The van der Waals surface area contributed by atoms with E-state index in [0.717, 1.165) is 50.9 Å². The number of methoxy groups -OCH3 is 1. The van der Waals surface area contributed by atoms with Crippen molar-refractivity contribution in [3.63, 3.8) is 0 Å². The number of nitrogens with one attached hydrogen (secondary N) is 2. The van der Waals surface area contributed by atoms with Gasteiger partial charge in [0.2, 0.25) is 0 Å². The van der Waals surface area contributed by atoms with Crippen LogP contribution in [0.25, 0.3) is 0 Å². The second-order valence-electron chi connectivity index (χ2n) is 6.87. The lowest BCUT2D eigenvalue weighted by Crippen LogP contribution is -2.43. The van der Waals surface area contributed by atoms with Gasteiger partial charge in [-0.05, 0) is 54.0 Å². The van der Waals surface area contributed by atoms with E-state index in [9.17, 15) is 0 Å². The predicted octanol–water partition coefficient (Wildman–Crippen LogP) is 2.83. The van der Waals surface area contributed by atoms with Crippen molar-refractivity contribution in [2.24, 2.45) is 4.99 Å². The predicted molar refractivity (Wildman–Crippen MR) is 114 cm³/mol. The molecule has 0 fully saturated rings. The van der Waals surface area contributed by atoms with E-state index in [1.54, 1.807) is 12.0 Å². The maximum absolute atomic E-state index is 5.40. The molecule has 1 aromatic carbocycles. The number of hydrogen-bond acceptors (Lipinski definition) is 4. The lowest BCUT2D eigenvalue weighted by Gasteiger charge is -2.27. The molecule has 0 atom stereocenters. The Balaban J connectivity index is 1.37. The molecule has 6 heteroatoms. The molecule has 0 radical (unpaired) electrons. The summed E-state index contributed by atoms with van der Waals surface area (Å²) < 4.78 is 5.40. The molecule has 1 aliphatic rings. The number of hydrogen-bond donors (Lipinski definition) is 2. The first kappa shape index (κ1) is 19.7. The molecule has 146 valence electrons. The quantitative estimate of drug-likeness (QED) is 0.568. The maximum Gasteiger partial charge on any atom is 0.191 e. The minimum atomic E-state index is 0.841. The van der Waals surface area contributed by atoms with Crippen LogP contribution >= 0.6 is 11.3 Å². The van der Waals surface area contributed by atoms with Crippen LogP contribution < -0.4 is 15.4 Å². The topological polar surface area (TPSA) is 48.9 Å². The summed E-state index contributed by atoms with van der Waals surface area (Å²) in [6, 6.07) is 8.64. The zero-order valence-corrected chi connectivity index (χ0v) is 17.4. The Hall–Kier alpha value is -2.05. The number of aryl methyl sites for hydroxylation is 1. The summed E-state index contributed by atoms with van der Waals surface area (Å²) in [7, 11) is 3.54. The molecule has 0 unspecified atom stereocenters. The number of ether oxygens (including phenoxy) is 1. The van der Waals surface area contributed by atoms with Gasteiger partial charge in [-0.25, -0.2) is 0 Å². The van der Waals surface area contributed by atoms with E-state index in [0.29, 0.717) is 0 Å². The Morgan fingerprint density at radius 1 is 1.26 bits per heavy atom. The van der Waals surface area contributed by atoms with Crippen LogP contribution in [-0.4, -0.2) is 51.2 Å². The van der Waals surface area contributed by atoms with Gasteiger partial charge in [0, 0.05) is 44.6 Å². The average molecular weight is 387 g/mol. The highest BCUT2D eigenvalue weighted by Gasteiger charge is 2.16. The summed E-state index contributed by atoms with van der Waals surface area (Å²) in [6.45, 7) is 7.06. The van der Waals surface area contributed by atoms with E-state index in [4.69, 9.17) is 4.74 Å². The van der Waals surface area contributed by atoms with Gasteiger partial charge < -0.3 is 15.4 Å². The standard InChI is InChI=1S/C21H30N4OS/c1-16-4-5-17(14-19(16)26-3)6-9-23-21(22-2)24-10-12-25-11-7-20-18(15-25)8-13-27-20/h4-5,8,13-14H,6-7,9-12,15H2,1-3H3,(H2,22,23,24). The molecule has 1 aliphatic heterocycles. The summed E-state index contributed by atoms with van der Waals surface area (Å²) in [5.74, 6) is 1.81. The Morgan fingerprint density at radius 2 is 2.11 bits per heavy atom. The molecular weight excluding hydrogens is 356 g/mol. The lowest BCUT2D eigenvalue weighted by molar-refractivity contribution is 0.260. The van der Waals surface area contributed by atoms with E-state index in [1.165, 1.54) is 23.1 Å². The van der Waals surface area contributed by atoms with Crippen LogP contribution in [0.4, 0.5) is 0 Å². The number of fused-ring (bicyclic) bond motifs is 1. The highest BCUT2D eigenvalue weighted by molar-refractivity contribution is 7.10. The summed E-state index contributed by atoms with van der Waals surface area (Å²) in [6.07, 6.45) is 2.12. The highest BCUT2D eigenvalue weighted by Crippen LogP contribution is 2.23. The van der Waals surface area contributed by atoms with E-state index in [2.05, 4.69) is 57.1 Å². The second-order valence-corrected chi connectivity index (χ2v) is 7.88. The van der Waals surface area contributed by atoms with E-state index in [1.807, 2.05) is 18.4 Å². The third kappa shape index (κ3) is 5.47. The number of benzene rings is 1. The molecule has 3 rings (SSSR count). The fourth-order valence-corrected chi connectivity index (χ4v) is 4.29. The third-order valence-corrected chi connectivity index (χ3v) is 6.03. The summed E-state index contributed by atoms with van der Waals surface area (Å²) in [4.78, 5) is 8.40. The molecular formula is C21H30N4OS. The molecule has 2 heterocycles. The Morgan fingerprint density at radius 3 is 2.93 bits per heavy atom. The third-order valence-electron chi connectivity index (χ3n) is 5.01. The number of nitrogens with zero attached hydrogens (tertiary/aromatic N) is 2.